The van der Waals surface area contributed by atoms with Gasteiger partial charge in [0.2, 0.25) is 0 Å². The van der Waals surface area contributed by atoms with Crippen LogP contribution in [0.15, 0.2) is 0 Å². The first kappa shape index (κ1) is 18.2. The standard InChI is InChI=1S/C16H34N4O/c1-7-9-10-19(14(17)18)13-11-15(3,4)20(21-8-2)16(5,6)12-13/h13H,7-12H2,1-6H3,(H3,17,18). The molecular formula is C16H34N4O. The minimum Gasteiger partial charge on any atom is -0.370 e. The minimum atomic E-state index is -0.0671. The third kappa shape index (κ3) is 4.33. The second kappa shape index (κ2) is 6.97. The molecule has 0 aliphatic carbocycles. The van der Waals surface area contributed by atoms with E-state index in [1.807, 2.05) is 6.92 Å². The maximum absolute atomic E-state index is 7.92. The SMILES string of the molecule is CCCCN(C(=N)N)C1CC(C)(C)N(OCC)C(C)(C)C1. The maximum atomic E-state index is 7.92. The van der Waals surface area contributed by atoms with Crippen LogP contribution in [-0.2, 0) is 4.84 Å². The Kier molecular flexibility index (Phi) is 6.05. The van der Waals surface area contributed by atoms with Crippen LogP contribution < -0.4 is 5.73 Å². The number of hydrogen-bond acceptors (Lipinski definition) is 3. The van der Waals surface area contributed by atoms with Gasteiger partial charge in [0.25, 0.3) is 0 Å². The molecule has 1 aliphatic heterocycles. The molecule has 0 radical (unpaired) electrons. The molecule has 3 N–H and O–H groups in total. The Balaban J connectivity index is 2.94. The summed E-state index contributed by atoms with van der Waals surface area (Å²) in [6.45, 7) is 14.6. The zero-order chi connectivity index (χ0) is 16.3. The second-order valence-corrected chi connectivity index (χ2v) is 7.33. The van der Waals surface area contributed by atoms with Crippen LogP contribution in [0.5, 0.6) is 0 Å². The minimum absolute atomic E-state index is 0.0671. The van der Waals surface area contributed by atoms with Gasteiger partial charge in [0.05, 0.1) is 6.61 Å². The molecule has 0 unspecified atom stereocenters. The van der Waals surface area contributed by atoms with Crippen molar-refractivity contribution >= 4 is 5.96 Å². The van der Waals surface area contributed by atoms with Crippen LogP contribution in [0, 0.1) is 5.41 Å². The smallest absolute Gasteiger partial charge is 0.188 e. The van der Waals surface area contributed by atoms with E-state index in [0.29, 0.717) is 12.6 Å². The maximum Gasteiger partial charge on any atom is 0.188 e. The van der Waals surface area contributed by atoms with Gasteiger partial charge in [-0.05, 0) is 53.9 Å². The van der Waals surface area contributed by atoms with Crippen LogP contribution in [-0.4, -0.2) is 46.2 Å². The molecule has 0 bridgehead atoms. The molecule has 0 spiro atoms. The molecule has 0 aromatic rings. The topological polar surface area (TPSA) is 65.6 Å². The van der Waals surface area contributed by atoms with Gasteiger partial charge in [0.15, 0.2) is 5.96 Å². The second-order valence-electron chi connectivity index (χ2n) is 7.33. The van der Waals surface area contributed by atoms with Crippen molar-refractivity contribution in [2.75, 3.05) is 13.2 Å². The highest BCUT2D eigenvalue weighted by molar-refractivity contribution is 5.75. The number of rotatable bonds is 6. The number of hydrogen-bond donors (Lipinski definition) is 2. The summed E-state index contributed by atoms with van der Waals surface area (Å²) in [5, 5.41) is 10.1. The molecule has 0 aromatic heterocycles. The first-order valence-corrected chi connectivity index (χ1v) is 8.19. The number of piperidine rings is 1. The summed E-state index contributed by atoms with van der Waals surface area (Å²) in [4.78, 5) is 7.99. The third-order valence-corrected chi connectivity index (χ3v) is 4.33. The van der Waals surface area contributed by atoms with Crippen LogP contribution in [0.1, 0.15) is 67.2 Å². The third-order valence-electron chi connectivity index (χ3n) is 4.33. The molecule has 5 heteroatoms. The largest absolute Gasteiger partial charge is 0.370 e. The number of nitrogens with zero attached hydrogens (tertiary/aromatic N) is 2. The highest BCUT2D eigenvalue weighted by atomic mass is 16.7. The Morgan fingerprint density at radius 2 is 1.76 bits per heavy atom. The van der Waals surface area contributed by atoms with Gasteiger partial charge in [-0.1, -0.05) is 13.3 Å². The Bertz CT molecular complexity index is 336. The lowest BCUT2D eigenvalue weighted by Gasteiger charge is -2.55. The molecule has 0 saturated carbocycles. The first-order valence-electron chi connectivity index (χ1n) is 8.19. The molecule has 0 amide bonds. The Morgan fingerprint density at radius 1 is 1.24 bits per heavy atom. The zero-order valence-electron chi connectivity index (χ0n) is 14.7. The van der Waals surface area contributed by atoms with E-state index in [1.54, 1.807) is 0 Å². The molecule has 1 saturated heterocycles. The van der Waals surface area contributed by atoms with Gasteiger partial charge in [0.1, 0.15) is 0 Å². The summed E-state index contributed by atoms with van der Waals surface area (Å²) in [5.74, 6) is 0.199. The van der Waals surface area contributed by atoms with E-state index in [1.165, 1.54) is 0 Å². The van der Waals surface area contributed by atoms with Crippen molar-refractivity contribution in [2.24, 2.45) is 5.73 Å². The predicted molar refractivity (Wildman–Crippen MR) is 88.2 cm³/mol. The number of nitrogens with two attached hydrogens (primary N) is 1. The van der Waals surface area contributed by atoms with Crippen molar-refractivity contribution in [3.63, 3.8) is 0 Å². The molecule has 0 aromatic carbocycles. The summed E-state index contributed by atoms with van der Waals surface area (Å²) in [7, 11) is 0. The lowest BCUT2D eigenvalue weighted by molar-refractivity contribution is -0.284. The van der Waals surface area contributed by atoms with Gasteiger partial charge in [-0.15, -0.1) is 0 Å². The number of hydroxylamine groups is 2. The van der Waals surface area contributed by atoms with Gasteiger partial charge in [0, 0.05) is 23.7 Å². The van der Waals surface area contributed by atoms with Gasteiger partial charge < -0.3 is 10.6 Å². The van der Waals surface area contributed by atoms with Gasteiger partial charge in [-0.2, -0.15) is 5.06 Å². The predicted octanol–water partition coefficient (Wildman–Crippen LogP) is 2.96. The van der Waals surface area contributed by atoms with E-state index in [9.17, 15) is 0 Å². The average molecular weight is 298 g/mol. The van der Waals surface area contributed by atoms with E-state index < -0.39 is 0 Å². The molecule has 5 nitrogen and oxygen atoms in total. The summed E-state index contributed by atoms with van der Waals surface area (Å²) in [5.41, 5.74) is 5.71. The van der Waals surface area contributed by atoms with Gasteiger partial charge in [-0.3, -0.25) is 10.2 Å². The van der Waals surface area contributed by atoms with Gasteiger partial charge >= 0.3 is 0 Å². The first-order chi connectivity index (χ1) is 9.65. The Labute approximate surface area is 130 Å². The van der Waals surface area contributed by atoms with E-state index >= 15 is 0 Å². The number of nitrogens with one attached hydrogen (secondary N) is 1. The van der Waals surface area contributed by atoms with Crippen molar-refractivity contribution in [1.29, 1.82) is 5.41 Å². The fourth-order valence-corrected chi connectivity index (χ4v) is 3.74. The van der Waals surface area contributed by atoms with Gasteiger partial charge in [-0.25, -0.2) is 0 Å². The van der Waals surface area contributed by atoms with E-state index in [-0.39, 0.29) is 17.0 Å². The normalized spacial score (nSPS) is 22.2. The summed E-state index contributed by atoms with van der Waals surface area (Å²) in [6.07, 6.45) is 4.11. The number of guanidine groups is 1. The lowest BCUT2D eigenvalue weighted by atomic mass is 9.78. The van der Waals surface area contributed by atoms with E-state index in [0.717, 1.165) is 32.2 Å². The van der Waals surface area contributed by atoms with Crippen molar-refractivity contribution < 1.29 is 4.84 Å². The quantitative estimate of drug-likeness (QED) is 0.584. The lowest BCUT2D eigenvalue weighted by Crippen LogP contribution is -2.65. The molecule has 1 aliphatic rings. The van der Waals surface area contributed by atoms with Crippen LogP contribution in [0.25, 0.3) is 0 Å². The average Bonchev–Trinajstić information content (AvgIpc) is 2.33. The highest BCUT2D eigenvalue weighted by Gasteiger charge is 2.48. The molecule has 21 heavy (non-hydrogen) atoms. The summed E-state index contributed by atoms with van der Waals surface area (Å²) in [6, 6.07) is 0.302. The van der Waals surface area contributed by atoms with Crippen molar-refractivity contribution in [3.05, 3.63) is 0 Å². The fourth-order valence-electron chi connectivity index (χ4n) is 3.74. The van der Waals surface area contributed by atoms with Crippen LogP contribution in [0.2, 0.25) is 0 Å². The highest BCUT2D eigenvalue weighted by Crippen LogP contribution is 2.40. The fraction of sp³-hybridized carbons (Fsp3) is 0.938. The monoisotopic (exact) mass is 298 g/mol. The van der Waals surface area contributed by atoms with E-state index in [4.69, 9.17) is 16.0 Å². The molecular weight excluding hydrogens is 264 g/mol. The molecule has 1 rings (SSSR count). The molecule has 1 heterocycles. The van der Waals surface area contributed by atoms with Crippen LogP contribution in [0.3, 0.4) is 0 Å². The zero-order valence-corrected chi connectivity index (χ0v) is 14.7. The molecule has 124 valence electrons. The van der Waals surface area contributed by atoms with Crippen LogP contribution >= 0.6 is 0 Å². The summed E-state index contributed by atoms with van der Waals surface area (Å²) < 4.78 is 0. The summed E-state index contributed by atoms with van der Waals surface area (Å²) >= 11 is 0. The van der Waals surface area contributed by atoms with Crippen molar-refractivity contribution in [3.8, 4) is 0 Å². The molecule has 0 atom stereocenters. The Hall–Kier alpha value is -0.810. The molecule has 1 fully saturated rings. The van der Waals surface area contributed by atoms with E-state index in [2.05, 4.69) is 44.6 Å². The Morgan fingerprint density at radius 3 is 2.14 bits per heavy atom. The van der Waals surface area contributed by atoms with Crippen molar-refractivity contribution in [2.45, 2.75) is 84.3 Å². The van der Waals surface area contributed by atoms with Crippen molar-refractivity contribution in [1.82, 2.24) is 9.96 Å². The van der Waals surface area contributed by atoms with Crippen LogP contribution in [0.4, 0.5) is 0 Å². The number of unbranched alkanes of at least 4 members (excludes halogenated alkanes) is 1.